The predicted octanol–water partition coefficient (Wildman–Crippen LogP) is 3.13. The van der Waals surface area contributed by atoms with Crippen LogP contribution in [0.5, 0.6) is 5.75 Å². The zero-order chi connectivity index (χ0) is 24.2. The fourth-order valence-electron chi connectivity index (χ4n) is 3.33. The first-order valence-corrected chi connectivity index (χ1v) is 10.3. The number of para-hydroxylation sites is 1. The van der Waals surface area contributed by atoms with Crippen LogP contribution in [0.1, 0.15) is 11.1 Å². The number of nitro benzene ring substituents is 1. The van der Waals surface area contributed by atoms with E-state index in [1.807, 2.05) is 25.1 Å². The summed E-state index contributed by atoms with van der Waals surface area (Å²) in [6.45, 7) is 0.0793. The van der Waals surface area contributed by atoms with Crippen LogP contribution in [0.2, 0.25) is 0 Å². The lowest BCUT2D eigenvalue weighted by molar-refractivity contribution is -0.384. The van der Waals surface area contributed by atoms with Crippen LogP contribution in [0.4, 0.5) is 11.4 Å². The molecule has 0 aliphatic carbocycles. The first-order valence-electron chi connectivity index (χ1n) is 10.3. The van der Waals surface area contributed by atoms with Gasteiger partial charge in [0.2, 0.25) is 0 Å². The number of fused-ring (bicyclic) bond motifs is 1. The molecule has 0 saturated heterocycles. The summed E-state index contributed by atoms with van der Waals surface area (Å²) in [7, 11) is 3.75. The van der Waals surface area contributed by atoms with Crippen molar-refractivity contribution in [3.63, 3.8) is 0 Å². The standard InChI is InChI=1S/C24H21N5O5/c1-27(2)18-11-10-17(22(13-18)34-15-16-6-5-7-19(12-16)29(32)33)14-25-28-23(30)20-8-3-4-9-21(20)26-24(28)31/h3-14H,15H2,1-2H3,(H,26,31). The molecule has 4 aromatic rings. The van der Waals surface area contributed by atoms with Gasteiger partial charge < -0.3 is 14.6 Å². The highest BCUT2D eigenvalue weighted by atomic mass is 16.6. The average molecular weight is 459 g/mol. The first-order chi connectivity index (χ1) is 16.3. The first kappa shape index (κ1) is 22.5. The number of rotatable bonds is 7. The second-order valence-electron chi connectivity index (χ2n) is 7.67. The summed E-state index contributed by atoms with van der Waals surface area (Å²) in [5.74, 6) is 0.437. The summed E-state index contributed by atoms with van der Waals surface area (Å²) in [6.07, 6.45) is 1.37. The van der Waals surface area contributed by atoms with Gasteiger partial charge in [0.05, 0.1) is 22.0 Å². The lowest BCUT2D eigenvalue weighted by Gasteiger charge is -2.16. The van der Waals surface area contributed by atoms with Crippen LogP contribution in [0, 0.1) is 10.1 Å². The fourth-order valence-corrected chi connectivity index (χ4v) is 3.33. The van der Waals surface area contributed by atoms with Crippen LogP contribution in [0.15, 0.2) is 81.4 Å². The van der Waals surface area contributed by atoms with Crippen LogP contribution >= 0.6 is 0 Å². The van der Waals surface area contributed by atoms with Crippen molar-refractivity contribution in [2.45, 2.75) is 6.61 Å². The molecule has 0 unspecified atom stereocenters. The minimum absolute atomic E-state index is 0.0279. The van der Waals surface area contributed by atoms with E-state index in [-0.39, 0.29) is 12.3 Å². The van der Waals surface area contributed by atoms with Gasteiger partial charge in [-0.25, -0.2) is 4.79 Å². The maximum atomic E-state index is 12.7. The summed E-state index contributed by atoms with van der Waals surface area (Å²) in [5, 5.41) is 15.5. The van der Waals surface area contributed by atoms with Crippen LogP contribution in [-0.2, 0) is 6.61 Å². The highest BCUT2D eigenvalue weighted by Gasteiger charge is 2.10. The van der Waals surface area contributed by atoms with E-state index in [1.165, 1.54) is 18.3 Å². The van der Waals surface area contributed by atoms with E-state index < -0.39 is 16.2 Å². The quantitative estimate of drug-likeness (QED) is 0.257. The van der Waals surface area contributed by atoms with Gasteiger partial charge in [0.1, 0.15) is 12.4 Å². The Balaban J connectivity index is 1.69. The molecule has 0 aliphatic rings. The molecule has 0 bridgehead atoms. The number of benzene rings is 3. The fraction of sp³-hybridized carbons (Fsp3) is 0.125. The molecule has 34 heavy (non-hydrogen) atoms. The molecule has 172 valence electrons. The van der Waals surface area contributed by atoms with Crippen molar-refractivity contribution < 1.29 is 9.66 Å². The average Bonchev–Trinajstić information content (AvgIpc) is 2.83. The van der Waals surface area contributed by atoms with Gasteiger partial charge in [-0.1, -0.05) is 24.3 Å². The van der Waals surface area contributed by atoms with Crippen LogP contribution < -0.4 is 20.9 Å². The van der Waals surface area contributed by atoms with E-state index in [0.717, 1.165) is 10.4 Å². The molecule has 0 radical (unpaired) electrons. The second kappa shape index (κ2) is 9.41. The van der Waals surface area contributed by atoms with Gasteiger partial charge in [-0.2, -0.15) is 5.10 Å². The smallest absolute Gasteiger partial charge is 0.349 e. The zero-order valence-corrected chi connectivity index (χ0v) is 18.5. The molecule has 0 amide bonds. The summed E-state index contributed by atoms with van der Waals surface area (Å²) in [6, 6.07) is 18.2. The number of nitrogens with one attached hydrogen (secondary N) is 1. The third-order valence-electron chi connectivity index (χ3n) is 5.13. The molecule has 1 heterocycles. The van der Waals surface area contributed by atoms with E-state index in [0.29, 0.717) is 27.8 Å². The number of aromatic amines is 1. The van der Waals surface area contributed by atoms with E-state index in [2.05, 4.69) is 10.1 Å². The Morgan fingerprint density at radius 2 is 1.88 bits per heavy atom. The Labute approximate surface area is 193 Å². The van der Waals surface area contributed by atoms with Gasteiger partial charge in [-0.3, -0.25) is 14.9 Å². The summed E-state index contributed by atoms with van der Waals surface area (Å²) >= 11 is 0. The number of ether oxygens (including phenoxy) is 1. The number of nitro groups is 1. The largest absolute Gasteiger partial charge is 0.488 e. The number of H-pyrrole nitrogens is 1. The van der Waals surface area contributed by atoms with E-state index in [1.54, 1.807) is 48.5 Å². The summed E-state index contributed by atoms with van der Waals surface area (Å²) in [4.78, 5) is 40.2. The van der Waals surface area contributed by atoms with Crippen LogP contribution in [0.3, 0.4) is 0 Å². The van der Waals surface area contributed by atoms with Gasteiger partial charge >= 0.3 is 5.69 Å². The Kier molecular flexibility index (Phi) is 6.22. The Hall–Kier alpha value is -4.73. The molecule has 10 nitrogen and oxygen atoms in total. The highest BCUT2D eigenvalue weighted by molar-refractivity contribution is 5.85. The molecular weight excluding hydrogens is 438 g/mol. The van der Waals surface area contributed by atoms with Gasteiger partial charge in [-0.05, 0) is 29.8 Å². The lowest BCUT2D eigenvalue weighted by Crippen LogP contribution is -2.32. The third kappa shape index (κ3) is 4.70. The summed E-state index contributed by atoms with van der Waals surface area (Å²) < 4.78 is 6.71. The molecule has 4 rings (SSSR count). The SMILES string of the molecule is CN(C)c1ccc(C=Nn2c(=O)[nH]c3ccccc3c2=O)c(OCc2cccc([N+](=O)[O-])c2)c1. The van der Waals surface area contributed by atoms with Gasteiger partial charge in [0, 0.05) is 43.5 Å². The van der Waals surface area contributed by atoms with Crippen LogP contribution in [0.25, 0.3) is 10.9 Å². The van der Waals surface area contributed by atoms with Crippen LogP contribution in [-0.4, -0.2) is 34.9 Å². The minimum atomic E-state index is -0.663. The predicted molar refractivity (Wildman–Crippen MR) is 130 cm³/mol. The number of nitrogens with zero attached hydrogens (tertiary/aromatic N) is 4. The maximum absolute atomic E-state index is 12.7. The molecule has 0 aliphatic heterocycles. The minimum Gasteiger partial charge on any atom is -0.488 e. The van der Waals surface area contributed by atoms with Crippen molar-refractivity contribution in [1.82, 2.24) is 9.66 Å². The topological polar surface area (TPSA) is 123 Å². The molecule has 0 saturated carbocycles. The van der Waals surface area contributed by atoms with Crippen molar-refractivity contribution in [1.29, 1.82) is 0 Å². The van der Waals surface area contributed by atoms with E-state index in [9.17, 15) is 19.7 Å². The molecule has 1 N–H and O–H groups in total. The van der Waals surface area contributed by atoms with Gasteiger partial charge in [-0.15, -0.1) is 4.68 Å². The Morgan fingerprint density at radius 1 is 1.09 bits per heavy atom. The molecule has 1 aromatic heterocycles. The molecule has 0 spiro atoms. The molecular formula is C24H21N5O5. The number of hydrogen-bond acceptors (Lipinski definition) is 7. The second-order valence-corrected chi connectivity index (χ2v) is 7.67. The Morgan fingerprint density at radius 3 is 2.65 bits per heavy atom. The molecule has 3 aromatic carbocycles. The monoisotopic (exact) mass is 459 g/mol. The van der Waals surface area contributed by atoms with Crippen molar-refractivity contribution >= 4 is 28.5 Å². The van der Waals surface area contributed by atoms with Crippen molar-refractivity contribution in [3.8, 4) is 5.75 Å². The van der Waals surface area contributed by atoms with E-state index >= 15 is 0 Å². The van der Waals surface area contributed by atoms with Gasteiger partial charge in [0.15, 0.2) is 0 Å². The highest BCUT2D eigenvalue weighted by Crippen LogP contribution is 2.25. The van der Waals surface area contributed by atoms with E-state index in [4.69, 9.17) is 4.74 Å². The van der Waals surface area contributed by atoms with Crippen molar-refractivity contribution in [2.75, 3.05) is 19.0 Å². The maximum Gasteiger partial charge on any atom is 0.349 e. The Bertz CT molecular complexity index is 1520. The third-order valence-corrected chi connectivity index (χ3v) is 5.13. The number of anilines is 1. The molecule has 10 heteroatoms. The number of hydrogen-bond donors (Lipinski definition) is 1. The molecule has 0 atom stereocenters. The summed E-state index contributed by atoms with van der Waals surface area (Å²) in [5.41, 5.74) is 1.19. The van der Waals surface area contributed by atoms with Crippen molar-refractivity contribution in [3.05, 3.63) is 109 Å². The number of aromatic nitrogens is 2. The van der Waals surface area contributed by atoms with Gasteiger partial charge in [0.25, 0.3) is 11.2 Å². The number of non-ortho nitro benzene ring substituents is 1. The molecule has 0 fully saturated rings. The normalized spacial score (nSPS) is 11.1. The van der Waals surface area contributed by atoms with Crippen molar-refractivity contribution in [2.24, 2.45) is 5.10 Å². The lowest BCUT2D eigenvalue weighted by atomic mass is 10.1. The zero-order valence-electron chi connectivity index (χ0n) is 18.5.